The van der Waals surface area contributed by atoms with Crippen LogP contribution >= 0.6 is 15.9 Å². The zero-order valence-corrected chi connectivity index (χ0v) is 17.4. The number of nitrogens with one attached hydrogen (secondary N) is 1. The molecular weight excluding hydrogens is 412 g/mol. The Labute approximate surface area is 167 Å². The number of aryl methyl sites for hydroxylation is 2. The number of benzene rings is 2. The van der Waals surface area contributed by atoms with Gasteiger partial charge in [0.05, 0.1) is 12.8 Å². The van der Waals surface area contributed by atoms with Crippen molar-refractivity contribution in [1.82, 2.24) is 5.43 Å². The Morgan fingerprint density at radius 1 is 1.22 bits per heavy atom. The Hall–Kier alpha value is -2.54. The summed E-state index contributed by atoms with van der Waals surface area (Å²) in [5.41, 5.74) is 5.89. The Kier molecular flexibility index (Phi) is 7.24. The summed E-state index contributed by atoms with van der Waals surface area (Å²) in [7, 11) is 0. The van der Waals surface area contributed by atoms with Gasteiger partial charge in [-0.05, 0) is 56.5 Å². The molecule has 0 atom stereocenters. The van der Waals surface area contributed by atoms with E-state index in [1.807, 2.05) is 39.8 Å². The van der Waals surface area contributed by atoms with Gasteiger partial charge in [0.1, 0.15) is 5.75 Å². The molecule has 0 aliphatic carbocycles. The molecule has 2 aromatic carbocycles. The number of ether oxygens (including phenoxy) is 2. The van der Waals surface area contributed by atoms with Crippen LogP contribution in [0.2, 0.25) is 0 Å². The van der Waals surface area contributed by atoms with Crippen molar-refractivity contribution in [3.05, 3.63) is 51.0 Å². The lowest BCUT2D eigenvalue weighted by Crippen LogP contribution is -2.25. The zero-order chi connectivity index (χ0) is 20.0. The second kappa shape index (κ2) is 9.41. The van der Waals surface area contributed by atoms with Crippen molar-refractivity contribution in [3.63, 3.8) is 0 Å². The van der Waals surface area contributed by atoms with Gasteiger partial charge in [-0.25, -0.2) is 5.43 Å². The lowest BCUT2D eigenvalue weighted by molar-refractivity contribution is -0.123. The first-order valence-corrected chi connectivity index (χ1v) is 9.29. The summed E-state index contributed by atoms with van der Waals surface area (Å²) >= 11 is 3.35. The van der Waals surface area contributed by atoms with Gasteiger partial charge < -0.3 is 14.6 Å². The van der Waals surface area contributed by atoms with Crippen LogP contribution < -0.4 is 14.9 Å². The molecule has 0 aliphatic rings. The summed E-state index contributed by atoms with van der Waals surface area (Å²) in [4.78, 5) is 12.0. The number of phenolic OH excluding ortho intramolecular Hbond substituents is 1. The van der Waals surface area contributed by atoms with E-state index < -0.39 is 5.91 Å². The second-order valence-electron chi connectivity index (χ2n) is 6.01. The van der Waals surface area contributed by atoms with Crippen LogP contribution in [0.15, 0.2) is 33.8 Å². The number of hydrogen-bond donors (Lipinski definition) is 2. The highest BCUT2D eigenvalue weighted by molar-refractivity contribution is 9.10. The van der Waals surface area contributed by atoms with Crippen LogP contribution in [-0.2, 0) is 4.79 Å². The van der Waals surface area contributed by atoms with Crippen molar-refractivity contribution in [2.75, 3.05) is 13.2 Å². The van der Waals surface area contributed by atoms with E-state index in [2.05, 4.69) is 26.5 Å². The van der Waals surface area contributed by atoms with Gasteiger partial charge in [-0.3, -0.25) is 4.79 Å². The van der Waals surface area contributed by atoms with Gasteiger partial charge in [-0.2, -0.15) is 5.10 Å². The van der Waals surface area contributed by atoms with Gasteiger partial charge >= 0.3 is 0 Å². The molecule has 0 radical (unpaired) electrons. The highest BCUT2D eigenvalue weighted by Gasteiger charge is 2.10. The lowest BCUT2D eigenvalue weighted by Gasteiger charge is -2.13. The maximum absolute atomic E-state index is 12.0. The monoisotopic (exact) mass is 434 g/mol. The third kappa shape index (κ3) is 5.47. The molecule has 0 aromatic heterocycles. The van der Waals surface area contributed by atoms with Crippen molar-refractivity contribution in [1.29, 1.82) is 0 Å². The SMILES string of the molecule is CCOc1cc(Br)cc(/C=N\NC(=O)COc2c(C)ccc(C)c2C)c1O. The summed E-state index contributed by atoms with van der Waals surface area (Å²) in [6, 6.07) is 7.31. The average molecular weight is 435 g/mol. The normalized spacial score (nSPS) is 10.9. The largest absolute Gasteiger partial charge is 0.504 e. The molecule has 0 fully saturated rings. The van der Waals surface area contributed by atoms with Gasteiger partial charge in [-0.1, -0.05) is 28.1 Å². The van der Waals surface area contributed by atoms with Gasteiger partial charge in [0.25, 0.3) is 5.91 Å². The molecule has 0 aliphatic heterocycles. The van der Waals surface area contributed by atoms with Crippen LogP contribution in [-0.4, -0.2) is 30.4 Å². The maximum atomic E-state index is 12.0. The van der Waals surface area contributed by atoms with E-state index in [1.54, 1.807) is 12.1 Å². The molecule has 0 bridgehead atoms. The number of aromatic hydroxyl groups is 1. The van der Waals surface area contributed by atoms with Crippen molar-refractivity contribution in [2.24, 2.45) is 5.10 Å². The van der Waals surface area contributed by atoms with E-state index in [9.17, 15) is 9.90 Å². The minimum absolute atomic E-state index is 0.0414. The number of phenols is 1. The van der Waals surface area contributed by atoms with E-state index >= 15 is 0 Å². The predicted molar refractivity (Wildman–Crippen MR) is 109 cm³/mol. The van der Waals surface area contributed by atoms with Crippen molar-refractivity contribution in [3.8, 4) is 17.2 Å². The fourth-order valence-corrected chi connectivity index (χ4v) is 2.90. The number of rotatable bonds is 7. The van der Waals surface area contributed by atoms with Crippen molar-refractivity contribution in [2.45, 2.75) is 27.7 Å². The topological polar surface area (TPSA) is 80.2 Å². The first-order valence-electron chi connectivity index (χ1n) is 8.50. The van der Waals surface area contributed by atoms with E-state index in [1.165, 1.54) is 6.21 Å². The van der Waals surface area contributed by atoms with E-state index in [4.69, 9.17) is 9.47 Å². The van der Waals surface area contributed by atoms with E-state index in [-0.39, 0.29) is 12.4 Å². The van der Waals surface area contributed by atoms with Crippen LogP contribution in [0.5, 0.6) is 17.2 Å². The van der Waals surface area contributed by atoms with Gasteiger partial charge in [0, 0.05) is 10.0 Å². The molecule has 0 saturated carbocycles. The lowest BCUT2D eigenvalue weighted by atomic mass is 10.1. The van der Waals surface area contributed by atoms with E-state index in [0.29, 0.717) is 23.7 Å². The highest BCUT2D eigenvalue weighted by Crippen LogP contribution is 2.32. The molecule has 27 heavy (non-hydrogen) atoms. The molecule has 0 spiro atoms. The van der Waals surface area contributed by atoms with Crippen molar-refractivity contribution >= 4 is 28.1 Å². The fraction of sp³-hybridized carbons (Fsp3) is 0.300. The first kappa shape index (κ1) is 20.8. The Morgan fingerprint density at radius 2 is 1.93 bits per heavy atom. The molecule has 2 rings (SSSR count). The Balaban J connectivity index is 1.99. The van der Waals surface area contributed by atoms with Crippen molar-refractivity contribution < 1.29 is 19.4 Å². The molecule has 6 nitrogen and oxygen atoms in total. The molecule has 2 N–H and O–H groups in total. The number of carbonyl (C=O) groups excluding carboxylic acids is 1. The fourth-order valence-electron chi connectivity index (χ4n) is 2.45. The number of carbonyl (C=O) groups is 1. The van der Waals surface area contributed by atoms with Crippen LogP contribution in [0.25, 0.3) is 0 Å². The smallest absolute Gasteiger partial charge is 0.277 e. The Morgan fingerprint density at radius 3 is 2.63 bits per heavy atom. The molecule has 0 unspecified atom stereocenters. The number of halogens is 1. The van der Waals surface area contributed by atoms with Gasteiger partial charge in [-0.15, -0.1) is 0 Å². The summed E-state index contributed by atoms with van der Waals surface area (Å²) in [6.45, 7) is 7.98. The predicted octanol–water partition coefficient (Wildman–Crippen LogP) is 4.01. The number of amides is 1. The third-order valence-corrected chi connectivity index (χ3v) is 4.44. The average Bonchev–Trinajstić information content (AvgIpc) is 2.62. The molecule has 0 heterocycles. The molecule has 144 valence electrons. The molecule has 2 aromatic rings. The zero-order valence-electron chi connectivity index (χ0n) is 15.8. The third-order valence-electron chi connectivity index (χ3n) is 3.98. The number of hydrazone groups is 1. The molecular formula is C20H23BrN2O4. The molecule has 0 saturated heterocycles. The van der Waals surface area contributed by atoms with Crippen LogP contribution in [0.3, 0.4) is 0 Å². The highest BCUT2D eigenvalue weighted by atomic mass is 79.9. The summed E-state index contributed by atoms with van der Waals surface area (Å²) < 4.78 is 11.7. The van der Waals surface area contributed by atoms with Gasteiger partial charge in [0.2, 0.25) is 0 Å². The van der Waals surface area contributed by atoms with Crippen LogP contribution in [0.1, 0.15) is 29.2 Å². The van der Waals surface area contributed by atoms with Crippen LogP contribution in [0, 0.1) is 20.8 Å². The summed E-state index contributed by atoms with van der Waals surface area (Å²) in [5, 5.41) is 14.1. The van der Waals surface area contributed by atoms with Gasteiger partial charge in [0.15, 0.2) is 18.1 Å². The quantitative estimate of drug-likeness (QED) is 0.509. The van der Waals surface area contributed by atoms with Crippen LogP contribution in [0.4, 0.5) is 0 Å². The molecule has 7 heteroatoms. The number of nitrogens with zero attached hydrogens (tertiary/aromatic N) is 1. The molecule has 1 amide bonds. The second-order valence-corrected chi connectivity index (χ2v) is 6.93. The first-order chi connectivity index (χ1) is 12.8. The number of hydrogen-bond acceptors (Lipinski definition) is 5. The minimum Gasteiger partial charge on any atom is -0.504 e. The summed E-state index contributed by atoms with van der Waals surface area (Å²) in [5.74, 6) is 0.611. The minimum atomic E-state index is -0.397. The standard InChI is InChI=1S/C20H23BrN2O4/c1-5-26-17-9-16(21)8-15(19(17)25)10-22-23-18(24)11-27-20-13(3)7-6-12(2)14(20)4/h6-10,25H,5,11H2,1-4H3,(H,23,24)/b22-10-. The summed E-state index contributed by atoms with van der Waals surface area (Å²) in [6.07, 6.45) is 1.35. The maximum Gasteiger partial charge on any atom is 0.277 e. The van der Waals surface area contributed by atoms with E-state index in [0.717, 1.165) is 21.2 Å². The Bertz CT molecular complexity index is 866.